The van der Waals surface area contributed by atoms with Gasteiger partial charge in [0, 0.05) is 6.54 Å². The maximum absolute atomic E-state index is 12.8. The molecule has 1 aromatic heterocycles. The molecular formula is C12H14F4N2O2. The predicted molar refractivity (Wildman–Crippen MR) is 64.0 cm³/mol. The number of hydrogen-bond acceptors (Lipinski definition) is 2. The van der Waals surface area contributed by atoms with Crippen LogP contribution in [0.5, 0.6) is 0 Å². The van der Waals surface area contributed by atoms with Crippen LogP contribution in [0.15, 0.2) is 16.9 Å². The van der Waals surface area contributed by atoms with Crippen LogP contribution < -0.4 is 11.3 Å². The summed E-state index contributed by atoms with van der Waals surface area (Å²) in [6.07, 6.45) is -3.95. The molecule has 0 unspecified atom stereocenters. The molecule has 1 heterocycles. The molecule has 0 radical (unpaired) electrons. The van der Waals surface area contributed by atoms with E-state index < -0.39 is 35.6 Å². The van der Waals surface area contributed by atoms with E-state index in [2.05, 4.69) is 0 Å². The van der Waals surface area contributed by atoms with E-state index in [1.807, 2.05) is 0 Å². The van der Waals surface area contributed by atoms with Gasteiger partial charge in [0.1, 0.15) is 11.3 Å². The monoisotopic (exact) mass is 294 g/mol. The van der Waals surface area contributed by atoms with Crippen LogP contribution >= 0.6 is 0 Å². The summed E-state index contributed by atoms with van der Waals surface area (Å²) in [4.78, 5) is 22.8. The Labute approximate surface area is 112 Å². The highest BCUT2D eigenvalue weighted by Gasteiger charge is 2.34. The van der Waals surface area contributed by atoms with Crippen molar-refractivity contribution in [1.29, 1.82) is 0 Å². The molecule has 112 valence electrons. The Kier molecular flexibility index (Phi) is 5.29. The van der Waals surface area contributed by atoms with Gasteiger partial charge in [-0.1, -0.05) is 0 Å². The van der Waals surface area contributed by atoms with Crippen molar-refractivity contribution in [1.82, 2.24) is 4.57 Å². The van der Waals surface area contributed by atoms with Crippen LogP contribution in [-0.2, 0) is 12.7 Å². The van der Waals surface area contributed by atoms with Gasteiger partial charge in [0.2, 0.25) is 0 Å². The first-order chi connectivity index (χ1) is 9.29. The Morgan fingerprint density at radius 2 is 1.85 bits per heavy atom. The van der Waals surface area contributed by atoms with Crippen molar-refractivity contribution in [3.8, 4) is 0 Å². The number of carbonyl (C=O) groups is 1. The number of nitrogens with two attached hydrogens (primary N) is 1. The Balaban J connectivity index is 3.17. The average Bonchev–Trinajstić information content (AvgIpc) is 2.34. The number of aromatic nitrogens is 1. The molecule has 0 aromatic carbocycles. The van der Waals surface area contributed by atoms with Crippen LogP contribution in [0.1, 0.15) is 35.3 Å². The van der Waals surface area contributed by atoms with Gasteiger partial charge in [-0.25, -0.2) is 0 Å². The fraction of sp³-hybridized carbons (Fsp3) is 0.500. The second-order valence-corrected chi connectivity index (χ2v) is 4.20. The molecule has 8 heteroatoms. The normalized spacial score (nSPS) is 11.6. The number of carbonyl (C=O) groups excluding carboxylic acids is 1. The van der Waals surface area contributed by atoms with Gasteiger partial charge in [-0.05, 0) is 31.4 Å². The Morgan fingerprint density at radius 1 is 1.20 bits per heavy atom. The Hall–Kier alpha value is -1.86. The van der Waals surface area contributed by atoms with Gasteiger partial charge in [0.15, 0.2) is 0 Å². The second kappa shape index (κ2) is 6.53. The zero-order valence-electron chi connectivity index (χ0n) is 10.5. The molecule has 20 heavy (non-hydrogen) atoms. The third-order valence-corrected chi connectivity index (χ3v) is 2.75. The van der Waals surface area contributed by atoms with E-state index in [0.29, 0.717) is 17.1 Å². The molecule has 2 N–H and O–H groups in total. The summed E-state index contributed by atoms with van der Waals surface area (Å²) in [6, 6.07) is 1.42. The van der Waals surface area contributed by atoms with Crippen LogP contribution in [0.3, 0.4) is 0 Å². The minimum absolute atomic E-state index is 0.203. The van der Waals surface area contributed by atoms with E-state index >= 15 is 0 Å². The lowest BCUT2D eigenvalue weighted by molar-refractivity contribution is -0.144. The van der Waals surface area contributed by atoms with Crippen molar-refractivity contribution in [3.05, 3.63) is 33.7 Å². The molecule has 1 aromatic rings. The number of halogens is 4. The SMILES string of the molecule is NC(=O)c1ccc(C(F)(F)F)n(CCCCCF)c1=O. The predicted octanol–water partition coefficient (Wildman–Crippen LogP) is 2.11. The van der Waals surface area contributed by atoms with Crippen molar-refractivity contribution in [3.63, 3.8) is 0 Å². The molecule has 0 saturated heterocycles. The summed E-state index contributed by atoms with van der Waals surface area (Å²) >= 11 is 0. The maximum Gasteiger partial charge on any atom is 0.431 e. The number of nitrogens with zero attached hydrogens (tertiary/aromatic N) is 1. The third-order valence-electron chi connectivity index (χ3n) is 2.75. The first kappa shape index (κ1) is 16.2. The number of primary amides is 1. The van der Waals surface area contributed by atoms with Crippen molar-refractivity contribution >= 4 is 5.91 Å². The van der Waals surface area contributed by atoms with Crippen LogP contribution in [-0.4, -0.2) is 17.1 Å². The van der Waals surface area contributed by atoms with Crippen molar-refractivity contribution in [2.75, 3.05) is 6.67 Å². The lowest BCUT2D eigenvalue weighted by Crippen LogP contribution is -2.33. The maximum atomic E-state index is 12.8. The number of unbranched alkanes of at least 4 members (excludes halogenated alkanes) is 2. The highest BCUT2D eigenvalue weighted by Crippen LogP contribution is 2.28. The van der Waals surface area contributed by atoms with Gasteiger partial charge >= 0.3 is 6.18 Å². The van der Waals surface area contributed by atoms with Gasteiger partial charge in [0.25, 0.3) is 11.5 Å². The topological polar surface area (TPSA) is 65.1 Å². The van der Waals surface area contributed by atoms with E-state index in [-0.39, 0.29) is 19.4 Å². The van der Waals surface area contributed by atoms with Crippen LogP contribution in [0.2, 0.25) is 0 Å². The molecule has 0 saturated carbocycles. The summed E-state index contributed by atoms with van der Waals surface area (Å²) in [5, 5.41) is 0. The van der Waals surface area contributed by atoms with Crippen molar-refractivity contribution in [2.24, 2.45) is 5.73 Å². The lowest BCUT2D eigenvalue weighted by Gasteiger charge is -2.15. The largest absolute Gasteiger partial charge is 0.431 e. The van der Waals surface area contributed by atoms with Gasteiger partial charge < -0.3 is 10.3 Å². The molecular weight excluding hydrogens is 280 g/mol. The molecule has 0 fully saturated rings. The number of amides is 1. The highest BCUT2D eigenvalue weighted by atomic mass is 19.4. The van der Waals surface area contributed by atoms with Gasteiger partial charge in [-0.15, -0.1) is 0 Å². The minimum atomic E-state index is -4.71. The molecule has 1 rings (SSSR count). The average molecular weight is 294 g/mol. The fourth-order valence-corrected chi connectivity index (χ4v) is 1.78. The highest BCUT2D eigenvalue weighted by molar-refractivity contribution is 5.92. The molecule has 0 bridgehead atoms. The van der Waals surface area contributed by atoms with Gasteiger partial charge in [-0.2, -0.15) is 13.2 Å². The Morgan fingerprint density at radius 3 is 2.35 bits per heavy atom. The second-order valence-electron chi connectivity index (χ2n) is 4.20. The molecule has 0 aliphatic heterocycles. The smallest absolute Gasteiger partial charge is 0.365 e. The molecule has 0 atom stereocenters. The number of pyridine rings is 1. The molecule has 1 amide bonds. The van der Waals surface area contributed by atoms with Gasteiger partial charge in [0.05, 0.1) is 6.67 Å². The molecule has 0 spiro atoms. The number of rotatable bonds is 6. The third kappa shape index (κ3) is 3.82. The van der Waals surface area contributed by atoms with E-state index in [9.17, 15) is 27.2 Å². The standard InChI is InChI=1S/C12H14F4N2O2/c13-6-2-1-3-7-18-9(12(14,15)16)5-4-8(10(17)19)11(18)20/h4-5H,1-3,6-7H2,(H2,17,19). The van der Waals surface area contributed by atoms with Crippen molar-refractivity contribution in [2.45, 2.75) is 32.0 Å². The van der Waals surface area contributed by atoms with Crippen molar-refractivity contribution < 1.29 is 22.4 Å². The zero-order chi connectivity index (χ0) is 15.3. The van der Waals surface area contributed by atoms with Gasteiger partial charge in [-0.3, -0.25) is 14.0 Å². The first-order valence-electron chi connectivity index (χ1n) is 5.96. The van der Waals surface area contributed by atoms with E-state index in [1.54, 1.807) is 0 Å². The molecule has 4 nitrogen and oxygen atoms in total. The van der Waals surface area contributed by atoms with E-state index in [4.69, 9.17) is 5.73 Å². The quantitative estimate of drug-likeness (QED) is 0.645. The lowest BCUT2D eigenvalue weighted by atomic mass is 10.2. The van der Waals surface area contributed by atoms with Crippen LogP contribution in [0, 0.1) is 0 Å². The molecule has 0 aliphatic rings. The summed E-state index contributed by atoms with van der Waals surface area (Å²) in [5.41, 5.74) is 2.22. The summed E-state index contributed by atoms with van der Waals surface area (Å²) in [7, 11) is 0. The number of alkyl halides is 4. The zero-order valence-corrected chi connectivity index (χ0v) is 10.5. The van der Waals surface area contributed by atoms with E-state index in [0.717, 1.165) is 6.07 Å². The Bertz CT molecular complexity index is 537. The van der Waals surface area contributed by atoms with Crippen LogP contribution in [0.25, 0.3) is 0 Å². The minimum Gasteiger partial charge on any atom is -0.365 e. The summed E-state index contributed by atoms with van der Waals surface area (Å²) in [6.45, 7) is -0.808. The van der Waals surface area contributed by atoms with Crippen LogP contribution in [0.4, 0.5) is 17.6 Å². The summed E-state index contributed by atoms with van der Waals surface area (Å²) < 4.78 is 50.8. The summed E-state index contributed by atoms with van der Waals surface area (Å²) in [5.74, 6) is -1.08. The van der Waals surface area contributed by atoms with E-state index in [1.165, 1.54) is 0 Å². The first-order valence-corrected chi connectivity index (χ1v) is 5.96. The number of hydrogen-bond donors (Lipinski definition) is 1. The molecule has 0 aliphatic carbocycles. The fourth-order valence-electron chi connectivity index (χ4n) is 1.78.